The van der Waals surface area contributed by atoms with Gasteiger partial charge in [-0.05, 0) is 25.5 Å². The monoisotopic (exact) mass is 265 g/mol. The Morgan fingerprint density at radius 1 is 1.16 bits per heavy atom. The third-order valence-corrected chi connectivity index (χ3v) is 2.35. The molecule has 0 aliphatic carbocycles. The molecule has 0 aliphatic rings. The highest BCUT2D eigenvalue weighted by molar-refractivity contribution is 5.88. The van der Waals surface area contributed by atoms with Crippen LogP contribution in [0.2, 0.25) is 0 Å². The van der Waals surface area contributed by atoms with Gasteiger partial charge in [0, 0.05) is 6.42 Å². The molecule has 0 N–H and O–H groups in total. The lowest BCUT2D eigenvalue weighted by molar-refractivity contribution is -0.144. The summed E-state index contributed by atoms with van der Waals surface area (Å²) in [7, 11) is 0. The number of hydroxylamine groups is 1. The fourth-order valence-electron chi connectivity index (χ4n) is 1.41. The predicted octanol–water partition coefficient (Wildman–Crippen LogP) is 3.30. The van der Waals surface area contributed by atoms with Crippen molar-refractivity contribution in [3.8, 4) is 0 Å². The first-order valence-electron chi connectivity index (χ1n) is 6.41. The van der Waals surface area contributed by atoms with Gasteiger partial charge in [-0.25, -0.2) is 9.59 Å². The highest BCUT2D eigenvalue weighted by Crippen LogP contribution is 2.16. The van der Waals surface area contributed by atoms with Gasteiger partial charge in [0.05, 0.1) is 12.3 Å². The molecule has 1 aromatic carbocycles. The van der Waals surface area contributed by atoms with Gasteiger partial charge in [-0.1, -0.05) is 31.5 Å². The van der Waals surface area contributed by atoms with E-state index in [-0.39, 0.29) is 13.0 Å². The molecule has 104 valence electrons. The van der Waals surface area contributed by atoms with Gasteiger partial charge in [-0.2, -0.15) is 0 Å². The molecule has 0 heterocycles. The molecule has 0 aromatic heterocycles. The maximum atomic E-state index is 11.8. The summed E-state index contributed by atoms with van der Waals surface area (Å²) in [5.41, 5.74) is 0.464. The van der Waals surface area contributed by atoms with Crippen LogP contribution >= 0.6 is 0 Å². The van der Waals surface area contributed by atoms with Crippen LogP contribution in [-0.2, 0) is 14.4 Å². The molecule has 0 aliphatic heterocycles. The lowest BCUT2D eigenvalue weighted by Crippen LogP contribution is -2.34. The number of anilines is 1. The Hall–Kier alpha value is -2.04. The van der Waals surface area contributed by atoms with Crippen molar-refractivity contribution in [2.45, 2.75) is 33.1 Å². The third kappa shape index (κ3) is 4.99. The second-order valence-electron chi connectivity index (χ2n) is 3.90. The second-order valence-corrected chi connectivity index (χ2v) is 3.90. The molecular weight excluding hydrogens is 246 g/mol. The fraction of sp³-hybridized carbons (Fsp3) is 0.429. The number of rotatable bonds is 5. The molecule has 0 saturated carbocycles. The zero-order valence-electron chi connectivity index (χ0n) is 11.3. The molecular formula is C14H19NO4. The Balaban J connectivity index is 2.76. The SMILES string of the molecule is CCCCC(=O)ON(C(=O)OCC)c1ccccc1. The minimum absolute atomic E-state index is 0.217. The van der Waals surface area contributed by atoms with E-state index in [4.69, 9.17) is 9.57 Å². The molecule has 0 unspecified atom stereocenters. The van der Waals surface area contributed by atoms with Crippen molar-refractivity contribution in [3.63, 3.8) is 0 Å². The van der Waals surface area contributed by atoms with Crippen LogP contribution in [0, 0.1) is 0 Å². The van der Waals surface area contributed by atoms with Crippen molar-refractivity contribution in [2.75, 3.05) is 11.7 Å². The second kappa shape index (κ2) is 8.13. The smallest absolute Gasteiger partial charge is 0.447 e. The van der Waals surface area contributed by atoms with E-state index in [0.29, 0.717) is 5.69 Å². The molecule has 1 amide bonds. The minimum atomic E-state index is -0.696. The van der Waals surface area contributed by atoms with E-state index in [9.17, 15) is 9.59 Å². The quantitative estimate of drug-likeness (QED) is 0.766. The highest BCUT2D eigenvalue weighted by Gasteiger charge is 2.21. The van der Waals surface area contributed by atoms with Crippen LogP contribution in [-0.4, -0.2) is 18.7 Å². The van der Waals surface area contributed by atoms with Crippen molar-refractivity contribution >= 4 is 17.7 Å². The van der Waals surface area contributed by atoms with Gasteiger partial charge >= 0.3 is 12.1 Å². The van der Waals surface area contributed by atoms with E-state index in [1.165, 1.54) is 0 Å². The van der Waals surface area contributed by atoms with Crippen molar-refractivity contribution in [1.29, 1.82) is 0 Å². The number of benzene rings is 1. The minimum Gasteiger partial charge on any atom is -0.447 e. The Morgan fingerprint density at radius 3 is 2.42 bits per heavy atom. The molecule has 0 spiro atoms. The van der Waals surface area contributed by atoms with Crippen LogP contribution in [0.3, 0.4) is 0 Å². The fourth-order valence-corrected chi connectivity index (χ4v) is 1.41. The molecule has 0 radical (unpaired) electrons. The van der Waals surface area contributed by atoms with E-state index in [0.717, 1.165) is 17.9 Å². The van der Waals surface area contributed by atoms with Gasteiger partial charge < -0.3 is 9.57 Å². The summed E-state index contributed by atoms with van der Waals surface area (Å²) in [5.74, 6) is -0.446. The van der Waals surface area contributed by atoms with Gasteiger partial charge in [0.1, 0.15) is 0 Å². The Kier molecular flexibility index (Phi) is 6.43. The van der Waals surface area contributed by atoms with E-state index in [2.05, 4.69) is 0 Å². The average molecular weight is 265 g/mol. The van der Waals surface area contributed by atoms with E-state index >= 15 is 0 Å². The van der Waals surface area contributed by atoms with Crippen LogP contribution in [0.25, 0.3) is 0 Å². The standard InChI is InChI=1S/C14H19NO4/c1-3-5-11-13(16)19-15(14(17)18-4-2)12-9-7-6-8-10-12/h6-10H,3-5,11H2,1-2H3. The number of nitrogens with zero attached hydrogens (tertiary/aromatic N) is 1. The number of amides is 1. The molecule has 0 saturated heterocycles. The summed E-state index contributed by atoms with van der Waals surface area (Å²) in [4.78, 5) is 28.5. The van der Waals surface area contributed by atoms with Crippen LogP contribution in [0.15, 0.2) is 30.3 Å². The number of unbranched alkanes of at least 4 members (excludes halogenated alkanes) is 1. The summed E-state index contributed by atoms with van der Waals surface area (Å²) < 4.78 is 4.87. The van der Waals surface area contributed by atoms with Gasteiger partial charge in [0.25, 0.3) is 0 Å². The molecule has 0 atom stereocenters. The molecule has 5 heteroatoms. The first-order valence-corrected chi connectivity index (χ1v) is 6.41. The normalized spacial score (nSPS) is 9.79. The number of carbonyl (C=O) groups excluding carboxylic acids is 2. The molecule has 1 aromatic rings. The molecule has 0 bridgehead atoms. The lowest BCUT2D eigenvalue weighted by Gasteiger charge is -2.20. The first kappa shape index (κ1) is 15.0. The lowest BCUT2D eigenvalue weighted by atomic mass is 10.3. The zero-order chi connectivity index (χ0) is 14.1. The van der Waals surface area contributed by atoms with Gasteiger partial charge in [-0.15, -0.1) is 5.06 Å². The van der Waals surface area contributed by atoms with Crippen molar-refractivity contribution in [3.05, 3.63) is 30.3 Å². The summed E-state index contributed by atoms with van der Waals surface area (Å²) in [6, 6.07) is 8.66. The van der Waals surface area contributed by atoms with Gasteiger partial charge in [0.2, 0.25) is 0 Å². The number of hydrogen-bond donors (Lipinski definition) is 0. The summed E-state index contributed by atoms with van der Waals surface area (Å²) in [5, 5.41) is 0.890. The third-order valence-electron chi connectivity index (χ3n) is 2.35. The zero-order valence-corrected chi connectivity index (χ0v) is 11.3. The maximum Gasteiger partial charge on any atom is 0.448 e. The number of hydrogen-bond acceptors (Lipinski definition) is 4. The maximum absolute atomic E-state index is 11.8. The number of para-hydroxylation sites is 1. The topological polar surface area (TPSA) is 55.8 Å². The van der Waals surface area contributed by atoms with Crippen molar-refractivity contribution in [1.82, 2.24) is 0 Å². The molecule has 1 rings (SSSR count). The molecule has 19 heavy (non-hydrogen) atoms. The van der Waals surface area contributed by atoms with Crippen LogP contribution in [0.1, 0.15) is 33.1 Å². The summed E-state index contributed by atoms with van der Waals surface area (Å²) in [6.07, 6.45) is 1.20. The van der Waals surface area contributed by atoms with Crippen LogP contribution < -0.4 is 5.06 Å². The van der Waals surface area contributed by atoms with Crippen LogP contribution in [0.5, 0.6) is 0 Å². The predicted molar refractivity (Wildman–Crippen MR) is 71.6 cm³/mol. The number of ether oxygens (including phenoxy) is 1. The van der Waals surface area contributed by atoms with Crippen molar-refractivity contribution < 1.29 is 19.2 Å². The van der Waals surface area contributed by atoms with Crippen molar-refractivity contribution in [2.24, 2.45) is 0 Å². The van der Waals surface area contributed by atoms with Gasteiger partial charge in [0.15, 0.2) is 0 Å². The van der Waals surface area contributed by atoms with Gasteiger partial charge in [-0.3, -0.25) is 0 Å². The summed E-state index contributed by atoms with van der Waals surface area (Å²) >= 11 is 0. The van der Waals surface area contributed by atoms with E-state index in [1.807, 2.05) is 13.0 Å². The van der Waals surface area contributed by atoms with E-state index in [1.54, 1.807) is 31.2 Å². The Morgan fingerprint density at radius 2 is 1.84 bits per heavy atom. The summed E-state index contributed by atoms with van der Waals surface area (Å²) in [6.45, 7) is 3.89. The number of carbonyl (C=O) groups is 2. The molecule has 0 fully saturated rings. The largest absolute Gasteiger partial charge is 0.448 e. The first-order chi connectivity index (χ1) is 9.19. The Labute approximate surface area is 113 Å². The Bertz CT molecular complexity index is 405. The van der Waals surface area contributed by atoms with Crippen LogP contribution in [0.4, 0.5) is 10.5 Å². The van der Waals surface area contributed by atoms with E-state index < -0.39 is 12.1 Å². The molecule has 5 nitrogen and oxygen atoms in total. The highest BCUT2D eigenvalue weighted by atomic mass is 16.8. The average Bonchev–Trinajstić information content (AvgIpc) is 2.43.